The molecule has 156 valence electrons. The van der Waals surface area contributed by atoms with Crippen molar-refractivity contribution in [2.75, 3.05) is 50.5 Å². The predicted octanol–water partition coefficient (Wildman–Crippen LogP) is 3.13. The minimum atomic E-state index is -0.473. The number of pyridine rings is 1. The molecule has 0 aliphatic carbocycles. The maximum atomic E-state index is 13.9. The van der Waals surface area contributed by atoms with Crippen molar-refractivity contribution in [3.63, 3.8) is 0 Å². The lowest BCUT2D eigenvalue weighted by Gasteiger charge is -2.36. The Bertz CT molecular complexity index is 1090. The number of amides is 3. The quantitative estimate of drug-likeness (QED) is 0.723. The second kappa shape index (κ2) is 8.06. The van der Waals surface area contributed by atoms with Crippen LogP contribution in [0.25, 0.3) is 5.52 Å². The van der Waals surface area contributed by atoms with Gasteiger partial charge >= 0.3 is 6.03 Å². The smallest absolute Gasteiger partial charge is 0.319 e. The fourth-order valence-electron chi connectivity index (χ4n) is 3.65. The van der Waals surface area contributed by atoms with Gasteiger partial charge in [-0.15, -0.1) is 0 Å². The molecule has 0 unspecified atom stereocenters. The van der Waals surface area contributed by atoms with Crippen LogP contribution in [0.4, 0.5) is 20.7 Å². The molecule has 1 N–H and O–H groups in total. The number of urea groups is 1. The van der Waals surface area contributed by atoms with Gasteiger partial charge in [0.2, 0.25) is 0 Å². The molecular weight excluding hydrogens is 385 g/mol. The molecule has 8 heteroatoms. The van der Waals surface area contributed by atoms with Crippen molar-refractivity contribution >= 4 is 29.0 Å². The third kappa shape index (κ3) is 3.80. The fourth-order valence-corrected chi connectivity index (χ4v) is 3.65. The number of anilines is 2. The molecule has 2 aromatic heterocycles. The summed E-state index contributed by atoms with van der Waals surface area (Å²) >= 11 is 0. The summed E-state index contributed by atoms with van der Waals surface area (Å²) in [5.41, 5.74) is 1.54. The van der Waals surface area contributed by atoms with Gasteiger partial charge in [-0.25, -0.2) is 9.18 Å². The minimum absolute atomic E-state index is 0.0155. The molecule has 0 radical (unpaired) electrons. The van der Waals surface area contributed by atoms with Crippen LogP contribution in [0.3, 0.4) is 0 Å². The number of aromatic nitrogens is 1. The van der Waals surface area contributed by atoms with Crippen molar-refractivity contribution in [3.05, 3.63) is 66.1 Å². The highest BCUT2D eigenvalue weighted by atomic mass is 19.1. The van der Waals surface area contributed by atoms with Crippen LogP contribution >= 0.6 is 0 Å². The van der Waals surface area contributed by atoms with Crippen molar-refractivity contribution in [1.82, 2.24) is 14.2 Å². The van der Waals surface area contributed by atoms with Crippen LogP contribution in [0, 0.1) is 5.82 Å². The molecule has 7 nitrogen and oxygen atoms in total. The molecular formula is C22H24FN5O2. The van der Waals surface area contributed by atoms with Crippen molar-refractivity contribution < 1.29 is 14.0 Å². The summed E-state index contributed by atoms with van der Waals surface area (Å²) in [5.74, 6) is 0.115. The number of para-hydroxylation sites is 1. The Labute approximate surface area is 174 Å². The number of halogens is 1. The van der Waals surface area contributed by atoms with Gasteiger partial charge in [-0.05, 0) is 36.4 Å². The van der Waals surface area contributed by atoms with Crippen LogP contribution in [-0.4, -0.2) is 66.4 Å². The van der Waals surface area contributed by atoms with Crippen LogP contribution in [0.2, 0.25) is 0 Å². The Hall–Kier alpha value is -3.55. The van der Waals surface area contributed by atoms with Crippen LogP contribution in [0.15, 0.2) is 54.7 Å². The number of hydrogen-bond acceptors (Lipinski definition) is 3. The van der Waals surface area contributed by atoms with Gasteiger partial charge in [0.15, 0.2) is 0 Å². The molecule has 3 aromatic rings. The summed E-state index contributed by atoms with van der Waals surface area (Å²) in [7, 11) is 3.51. The van der Waals surface area contributed by atoms with E-state index in [9.17, 15) is 14.0 Å². The van der Waals surface area contributed by atoms with Gasteiger partial charge in [0.1, 0.15) is 11.6 Å². The first-order valence-electron chi connectivity index (χ1n) is 9.82. The molecule has 3 amide bonds. The average Bonchev–Trinajstić information content (AvgIpc) is 3.18. The number of piperazine rings is 1. The Morgan fingerprint density at radius 1 is 0.967 bits per heavy atom. The van der Waals surface area contributed by atoms with Gasteiger partial charge < -0.3 is 24.4 Å². The Balaban J connectivity index is 1.53. The number of carbonyl (C=O) groups is 2. The van der Waals surface area contributed by atoms with E-state index in [-0.39, 0.29) is 17.6 Å². The Morgan fingerprint density at radius 3 is 2.37 bits per heavy atom. The summed E-state index contributed by atoms with van der Waals surface area (Å²) in [4.78, 5) is 30.4. The molecule has 0 atom stereocenters. The number of hydrogen-bond donors (Lipinski definition) is 1. The Kier molecular flexibility index (Phi) is 5.31. The molecule has 1 aliphatic heterocycles. The summed E-state index contributed by atoms with van der Waals surface area (Å²) in [6.45, 7) is 2.68. The first-order chi connectivity index (χ1) is 14.4. The molecule has 1 saturated heterocycles. The monoisotopic (exact) mass is 409 g/mol. The maximum absolute atomic E-state index is 13.9. The van der Waals surface area contributed by atoms with E-state index in [0.717, 1.165) is 11.3 Å². The van der Waals surface area contributed by atoms with Crippen molar-refractivity contribution in [2.45, 2.75) is 0 Å². The molecule has 0 saturated carbocycles. The second-order valence-electron chi connectivity index (χ2n) is 7.49. The third-order valence-electron chi connectivity index (χ3n) is 5.27. The van der Waals surface area contributed by atoms with Crippen LogP contribution in [-0.2, 0) is 0 Å². The highest BCUT2D eigenvalue weighted by Crippen LogP contribution is 2.23. The number of carbonyl (C=O) groups excluding carboxylic acids is 2. The molecule has 30 heavy (non-hydrogen) atoms. The lowest BCUT2D eigenvalue weighted by atomic mass is 10.2. The molecule has 1 aromatic carbocycles. The standard InChI is InChI=1S/C22H24FN5O2/c1-25(2)22(30)27-13-11-26(12-14-27)20-10-9-17-8-7-16(15-28(17)20)21(29)24-19-6-4-3-5-18(19)23/h3-10,15H,11-14H2,1-2H3,(H,24,29). The normalized spacial score (nSPS) is 14.1. The van der Waals surface area contributed by atoms with Gasteiger partial charge in [0.25, 0.3) is 5.91 Å². The van der Waals surface area contributed by atoms with Gasteiger partial charge in [0, 0.05) is 52.0 Å². The summed E-state index contributed by atoms with van der Waals surface area (Å²) in [6, 6.07) is 13.7. The average molecular weight is 409 g/mol. The topological polar surface area (TPSA) is 60.3 Å². The molecule has 1 aliphatic rings. The number of nitrogens with zero attached hydrogens (tertiary/aromatic N) is 4. The van der Waals surface area contributed by atoms with E-state index in [4.69, 9.17) is 0 Å². The highest BCUT2D eigenvalue weighted by molar-refractivity contribution is 6.04. The van der Waals surface area contributed by atoms with Crippen LogP contribution in [0.1, 0.15) is 10.4 Å². The van der Waals surface area contributed by atoms with Gasteiger partial charge in [-0.3, -0.25) is 4.79 Å². The van der Waals surface area contributed by atoms with E-state index < -0.39 is 5.82 Å². The largest absolute Gasteiger partial charge is 0.354 e. The van der Waals surface area contributed by atoms with Gasteiger partial charge in [0.05, 0.1) is 11.3 Å². The number of fused-ring (bicyclic) bond motifs is 1. The Morgan fingerprint density at radius 2 is 1.67 bits per heavy atom. The zero-order valence-electron chi connectivity index (χ0n) is 17.0. The molecule has 0 spiro atoms. The van der Waals surface area contributed by atoms with E-state index >= 15 is 0 Å². The second-order valence-corrected chi connectivity index (χ2v) is 7.49. The van der Waals surface area contributed by atoms with E-state index in [2.05, 4.69) is 10.2 Å². The molecule has 3 heterocycles. The summed E-state index contributed by atoms with van der Waals surface area (Å²) < 4.78 is 15.8. The van der Waals surface area contributed by atoms with E-state index in [1.165, 1.54) is 12.1 Å². The highest BCUT2D eigenvalue weighted by Gasteiger charge is 2.23. The van der Waals surface area contributed by atoms with E-state index in [0.29, 0.717) is 31.7 Å². The SMILES string of the molecule is CN(C)C(=O)N1CCN(c2ccc3ccc(C(=O)Nc4ccccc4F)cn23)CC1. The predicted molar refractivity (Wildman–Crippen MR) is 115 cm³/mol. The molecule has 4 rings (SSSR count). The number of rotatable bonds is 3. The molecule has 1 fully saturated rings. The maximum Gasteiger partial charge on any atom is 0.319 e. The van der Waals surface area contributed by atoms with Crippen molar-refractivity contribution in [3.8, 4) is 0 Å². The van der Waals surface area contributed by atoms with E-state index in [1.807, 2.05) is 27.5 Å². The molecule has 0 bridgehead atoms. The third-order valence-corrected chi connectivity index (χ3v) is 5.27. The minimum Gasteiger partial charge on any atom is -0.354 e. The van der Waals surface area contributed by atoms with Gasteiger partial charge in [-0.1, -0.05) is 12.1 Å². The summed E-state index contributed by atoms with van der Waals surface area (Å²) in [6.07, 6.45) is 1.76. The first kappa shape index (κ1) is 19.8. The van der Waals surface area contributed by atoms with Crippen molar-refractivity contribution in [2.24, 2.45) is 0 Å². The zero-order valence-corrected chi connectivity index (χ0v) is 17.0. The number of benzene rings is 1. The van der Waals surface area contributed by atoms with E-state index in [1.54, 1.807) is 43.4 Å². The first-order valence-corrected chi connectivity index (χ1v) is 9.82. The zero-order chi connectivity index (χ0) is 21.3. The lowest BCUT2D eigenvalue weighted by molar-refractivity contribution is 0.102. The van der Waals surface area contributed by atoms with Crippen LogP contribution < -0.4 is 10.2 Å². The van der Waals surface area contributed by atoms with Gasteiger partial charge in [-0.2, -0.15) is 0 Å². The van der Waals surface area contributed by atoms with Crippen molar-refractivity contribution in [1.29, 1.82) is 0 Å². The van der Waals surface area contributed by atoms with Crippen LogP contribution in [0.5, 0.6) is 0 Å². The lowest BCUT2D eigenvalue weighted by Crippen LogP contribution is -2.51. The summed E-state index contributed by atoms with van der Waals surface area (Å²) in [5, 5.41) is 2.62. The number of nitrogens with one attached hydrogen (secondary N) is 1. The fraction of sp³-hybridized carbons (Fsp3) is 0.273.